The molecule has 3 aromatic rings. The van der Waals surface area contributed by atoms with Crippen molar-refractivity contribution in [2.24, 2.45) is 10.7 Å². The first-order chi connectivity index (χ1) is 14.7. The number of aromatic nitrogens is 2. The van der Waals surface area contributed by atoms with Crippen molar-refractivity contribution in [3.63, 3.8) is 0 Å². The van der Waals surface area contributed by atoms with Crippen LogP contribution < -0.4 is 5.73 Å². The van der Waals surface area contributed by atoms with E-state index in [2.05, 4.69) is 21.1 Å². The molecule has 7 nitrogen and oxygen atoms in total. The molecule has 0 spiro atoms. The molecule has 5 rings (SSSR count). The minimum absolute atomic E-state index is 0.0834. The van der Waals surface area contributed by atoms with E-state index in [0.29, 0.717) is 22.6 Å². The number of guanidine groups is 1. The maximum atomic E-state index is 15.1. The first kappa shape index (κ1) is 20.2. The van der Waals surface area contributed by atoms with Gasteiger partial charge in [0.15, 0.2) is 0 Å². The summed E-state index contributed by atoms with van der Waals surface area (Å²) in [6.07, 6.45) is 2.17. The molecule has 0 saturated heterocycles. The molecule has 3 heterocycles. The largest absolute Gasteiger partial charge is 0.420 e. The van der Waals surface area contributed by atoms with Crippen molar-refractivity contribution in [1.29, 1.82) is 0 Å². The van der Waals surface area contributed by atoms with Crippen LogP contribution in [0.25, 0.3) is 21.9 Å². The first-order valence-electron chi connectivity index (χ1n) is 9.84. The number of halogens is 1. The summed E-state index contributed by atoms with van der Waals surface area (Å²) in [6.45, 7) is 1.74. The van der Waals surface area contributed by atoms with Crippen LogP contribution in [-0.2, 0) is 15.2 Å². The molecule has 1 saturated carbocycles. The number of aliphatic imine (C=N–C) groups is 1. The average molecular weight is 460 g/mol. The molecule has 2 aromatic heterocycles. The van der Waals surface area contributed by atoms with E-state index in [9.17, 15) is 4.21 Å². The molecular weight excluding hydrogens is 437 g/mol. The van der Waals surface area contributed by atoms with Gasteiger partial charge in [-0.25, -0.2) is 13.6 Å². The fraction of sp³-hybridized carbons (Fsp3) is 0.333. The maximum Gasteiger partial charge on any atom is 0.247 e. The van der Waals surface area contributed by atoms with Crippen molar-refractivity contribution in [3.05, 3.63) is 46.9 Å². The van der Waals surface area contributed by atoms with Crippen molar-refractivity contribution in [3.8, 4) is 21.9 Å². The van der Waals surface area contributed by atoms with Gasteiger partial charge in [0, 0.05) is 23.4 Å². The molecule has 2 aliphatic rings. The summed E-state index contributed by atoms with van der Waals surface area (Å²) in [4.78, 5) is 5.56. The van der Waals surface area contributed by atoms with Crippen molar-refractivity contribution in [2.75, 3.05) is 12.8 Å². The maximum absolute atomic E-state index is 15.1. The van der Waals surface area contributed by atoms with Crippen LogP contribution in [0, 0.1) is 5.82 Å². The third kappa shape index (κ3) is 3.53. The molecule has 1 fully saturated rings. The summed E-state index contributed by atoms with van der Waals surface area (Å²) in [5, 5.41) is 8.29. The third-order valence-corrected chi connectivity index (χ3v) is 9.24. The molecule has 2 atom stereocenters. The Balaban J connectivity index is 1.51. The normalized spacial score (nSPS) is 26.2. The summed E-state index contributed by atoms with van der Waals surface area (Å²) in [7, 11) is -1.11. The highest BCUT2D eigenvalue weighted by Crippen LogP contribution is 2.42. The van der Waals surface area contributed by atoms with E-state index in [-0.39, 0.29) is 11.7 Å². The molecule has 1 aliphatic carbocycles. The number of hydrogen-bond acceptors (Lipinski definition) is 7. The van der Waals surface area contributed by atoms with Crippen molar-refractivity contribution in [1.82, 2.24) is 14.5 Å². The van der Waals surface area contributed by atoms with E-state index in [1.165, 1.54) is 21.7 Å². The van der Waals surface area contributed by atoms with Crippen LogP contribution in [0.4, 0.5) is 4.39 Å². The zero-order chi connectivity index (χ0) is 22.0. The molecule has 0 radical (unpaired) electrons. The number of rotatable bonds is 4. The molecule has 0 amide bonds. The van der Waals surface area contributed by atoms with Crippen LogP contribution in [0.3, 0.4) is 0 Å². The highest BCUT2D eigenvalue weighted by Gasteiger charge is 2.40. The zero-order valence-electron chi connectivity index (χ0n) is 17.2. The fourth-order valence-corrected chi connectivity index (χ4v) is 6.58. The zero-order valence-corrected chi connectivity index (χ0v) is 18.8. The number of nitrogens with two attached hydrogens (primary N) is 1. The lowest BCUT2D eigenvalue weighted by Gasteiger charge is -2.36. The topological polar surface area (TPSA) is 97.6 Å². The lowest BCUT2D eigenvalue weighted by molar-refractivity contribution is 0.493. The summed E-state index contributed by atoms with van der Waals surface area (Å²) >= 11 is 1.27. The van der Waals surface area contributed by atoms with Crippen LogP contribution in [0.1, 0.15) is 36.5 Å². The molecular formula is C21H22FN5O2S2. The van der Waals surface area contributed by atoms with E-state index in [0.717, 1.165) is 28.8 Å². The monoisotopic (exact) mass is 459 g/mol. The minimum atomic E-state index is -2.69. The fourth-order valence-electron chi connectivity index (χ4n) is 3.71. The standard InChI is InChI=1S/C21H22FN5O2S2/c1-21(11-31(3,28)27(2)20(23)24-21)17-15(22)10-16(30-17)13-5-4-6-14(9-13)19-26-25-18(29-19)12-7-8-12/h4-6,9-10,12H,3,7-8,11H2,1-2H3,(H2,23,24)/t21-,31?/m0/s1. The molecule has 162 valence electrons. The highest BCUT2D eigenvalue weighted by molar-refractivity contribution is 7.98. The van der Waals surface area contributed by atoms with Gasteiger partial charge in [-0.05, 0) is 49.4 Å². The summed E-state index contributed by atoms with van der Waals surface area (Å²) < 4.78 is 35.1. The Bertz CT molecular complexity index is 1310. The smallest absolute Gasteiger partial charge is 0.247 e. The second-order valence-electron chi connectivity index (χ2n) is 8.25. The van der Waals surface area contributed by atoms with Crippen LogP contribution >= 0.6 is 11.3 Å². The van der Waals surface area contributed by atoms with E-state index < -0.39 is 21.1 Å². The van der Waals surface area contributed by atoms with Gasteiger partial charge in [0.05, 0.1) is 20.3 Å². The van der Waals surface area contributed by atoms with Crippen LogP contribution in [0.2, 0.25) is 0 Å². The van der Waals surface area contributed by atoms with Crippen LogP contribution in [-0.4, -0.2) is 43.3 Å². The SMILES string of the molecule is C=S1(=O)C[C@@](C)(c2sc(-c3cccc(-c4nnc(C5CC5)o4)c3)cc2F)N=C(N)N1C. The number of thiophene rings is 1. The van der Waals surface area contributed by atoms with E-state index in [1.54, 1.807) is 14.0 Å². The number of nitrogens with zero attached hydrogens (tertiary/aromatic N) is 4. The Morgan fingerprint density at radius 1 is 1.32 bits per heavy atom. The van der Waals surface area contributed by atoms with Crippen LogP contribution in [0.15, 0.2) is 39.7 Å². The van der Waals surface area contributed by atoms with Gasteiger partial charge in [-0.2, -0.15) is 0 Å². The average Bonchev–Trinajstić information content (AvgIpc) is 3.30. The van der Waals surface area contributed by atoms with Gasteiger partial charge in [-0.3, -0.25) is 4.31 Å². The third-order valence-electron chi connectivity index (χ3n) is 5.63. The van der Waals surface area contributed by atoms with Crippen LogP contribution in [0.5, 0.6) is 0 Å². The first-order valence-corrected chi connectivity index (χ1v) is 12.5. The van der Waals surface area contributed by atoms with Gasteiger partial charge in [-0.1, -0.05) is 12.1 Å². The van der Waals surface area contributed by atoms with Gasteiger partial charge < -0.3 is 10.2 Å². The Kier molecular flexibility index (Phi) is 4.49. The lowest BCUT2D eigenvalue weighted by Crippen LogP contribution is -2.50. The summed E-state index contributed by atoms with van der Waals surface area (Å²) in [6, 6.07) is 9.04. The minimum Gasteiger partial charge on any atom is -0.420 e. The highest BCUT2D eigenvalue weighted by atomic mass is 32.2. The summed E-state index contributed by atoms with van der Waals surface area (Å²) in [5.74, 6) is 5.07. The lowest BCUT2D eigenvalue weighted by atomic mass is 10.0. The molecule has 1 unspecified atom stereocenters. The van der Waals surface area contributed by atoms with Crippen molar-refractivity contribution >= 4 is 32.9 Å². The van der Waals surface area contributed by atoms with E-state index in [4.69, 9.17) is 10.2 Å². The number of benzene rings is 1. The van der Waals surface area contributed by atoms with Gasteiger partial charge in [0.25, 0.3) is 0 Å². The molecule has 0 bridgehead atoms. The summed E-state index contributed by atoms with van der Waals surface area (Å²) in [5.41, 5.74) is 6.51. The predicted molar refractivity (Wildman–Crippen MR) is 122 cm³/mol. The Hall–Kier alpha value is -2.72. The Labute approximate surface area is 184 Å². The van der Waals surface area contributed by atoms with E-state index in [1.807, 2.05) is 24.3 Å². The molecule has 1 aliphatic heterocycles. The molecule has 10 heteroatoms. The van der Waals surface area contributed by atoms with Gasteiger partial charge in [0.2, 0.25) is 17.7 Å². The van der Waals surface area contributed by atoms with Gasteiger partial charge >= 0.3 is 0 Å². The Morgan fingerprint density at radius 2 is 2.06 bits per heavy atom. The second-order valence-corrected chi connectivity index (χ2v) is 11.7. The van der Waals surface area contributed by atoms with Crippen molar-refractivity contribution < 1.29 is 13.0 Å². The molecule has 1 aromatic carbocycles. The molecule has 2 N–H and O–H groups in total. The Morgan fingerprint density at radius 3 is 2.77 bits per heavy atom. The quantitative estimate of drug-likeness (QED) is 0.602. The predicted octanol–water partition coefficient (Wildman–Crippen LogP) is 3.59. The van der Waals surface area contributed by atoms with E-state index >= 15 is 4.39 Å². The van der Waals surface area contributed by atoms with Crippen molar-refractivity contribution in [2.45, 2.75) is 31.2 Å². The molecule has 31 heavy (non-hydrogen) atoms. The number of hydrogen-bond donors (Lipinski definition) is 1. The van der Waals surface area contributed by atoms with Gasteiger partial charge in [-0.15, -0.1) is 21.5 Å². The van der Waals surface area contributed by atoms with Gasteiger partial charge in [0.1, 0.15) is 11.4 Å². The second kappa shape index (κ2) is 6.89.